The van der Waals surface area contributed by atoms with Gasteiger partial charge in [-0.3, -0.25) is 4.79 Å². The van der Waals surface area contributed by atoms with Crippen LogP contribution in [0, 0.1) is 0 Å². The van der Waals surface area contributed by atoms with Crippen molar-refractivity contribution in [3.63, 3.8) is 0 Å². The quantitative estimate of drug-likeness (QED) is 0.697. The summed E-state index contributed by atoms with van der Waals surface area (Å²) in [4.78, 5) is 29.7. The molecule has 16 heavy (non-hydrogen) atoms. The first-order valence-electron chi connectivity index (χ1n) is 4.10. The van der Waals surface area contributed by atoms with E-state index in [0.717, 1.165) is 6.92 Å². The van der Waals surface area contributed by atoms with Crippen LogP contribution in [-0.4, -0.2) is 33.2 Å². The minimum absolute atomic E-state index is 0.0833. The molecule has 0 spiro atoms. The van der Waals surface area contributed by atoms with Crippen LogP contribution in [-0.2, 0) is 4.79 Å². The predicted molar refractivity (Wildman–Crippen MR) is 53.7 cm³/mol. The summed E-state index contributed by atoms with van der Waals surface area (Å²) in [6.45, 7) is 1.08. The average molecular weight is 226 g/mol. The van der Waals surface area contributed by atoms with Crippen molar-refractivity contribution in [2.24, 2.45) is 0 Å². The molecule has 0 atom stereocenters. The molecule has 6 heteroatoms. The molecule has 1 aromatic rings. The van der Waals surface area contributed by atoms with Gasteiger partial charge in [-0.25, -0.2) is 9.59 Å². The highest BCUT2D eigenvalue weighted by molar-refractivity contribution is 5.91. The Labute approximate surface area is 90.8 Å². The summed E-state index contributed by atoms with van der Waals surface area (Å²) in [5.41, 5.74) is 0.167. The number of aromatic carboxylic acids is 2. The number of aliphatic carboxylic acids is 1. The van der Waals surface area contributed by atoms with E-state index in [-0.39, 0.29) is 11.1 Å². The Hall–Kier alpha value is -2.37. The Morgan fingerprint density at radius 1 is 0.812 bits per heavy atom. The molecule has 6 nitrogen and oxygen atoms in total. The Balaban J connectivity index is 0.000000487. The normalized spacial score (nSPS) is 8.56. The van der Waals surface area contributed by atoms with Gasteiger partial charge in [-0.15, -0.1) is 0 Å². The lowest BCUT2D eigenvalue weighted by atomic mass is 10.1. The predicted octanol–water partition coefficient (Wildman–Crippen LogP) is 1.17. The molecule has 0 saturated carbocycles. The topological polar surface area (TPSA) is 112 Å². The number of carbonyl (C=O) groups is 3. The highest BCUT2D eigenvalue weighted by Crippen LogP contribution is 2.03. The Kier molecular flexibility index (Phi) is 5.26. The van der Waals surface area contributed by atoms with E-state index in [9.17, 15) is 9.59 Å². The average Bonchev–Trinajstić information content (AvgIpc) is 2.17. The van der Waals surface area contributed by atoms with Gasteiger partial charge in [-0.05, 0) is 24.3 Å². The Morgan fingerprint density at radius 2 is 1.00 bits per heavy atom. The molecule has 1 aromatic carbocycles. The van der Waals surface area contributed by atoms with Gasteiger partial charge in [0.05, 0.1) is 11.1 Å². The van der Waals surface area contributed by atoms with Gasteiger partial charge in [0.2, 0.25) is 0 Å². The first-order chi connectivity index (χ1) is 7.34. The second-order valence-electron chi connectivity index (χ2n) is 2.71. The molecule has 0 unspecified atom stereocenters. The molecule has 0 saturated heterocycles. The fourth-order valence-electron chi connectivity index (χ4n) is 0.755. The molecule has 0 heterocycles. The van der Waals surface area contributed by atoms with Gasteiger partial charge in [-0.2, -0.15) is 0 Å². The van der Waals surface area contributed by atoms with Crippen molar-refractivity contribution in [3.05, 3.63) is 35.4 Å². The maximum atomic E-state index is 10.3. The summed E-state index contributed by atoms with van der Waals surface area (Å²) >= 11 is 0. The standard InChI is InChI=1S/C8H6O4.C2H4O2/c9-7(10)5-1-2-6(4-3-5)8(11)12;1-2(3)4/h1-4H,(H,9,10)(H,11,12);1H3,(H,3,4). The summed E-state index contributed by atoms with van der Waals surface area (Å²) in [6.07, 6.45) is 0. The van der Waals surface area contributed by atoms with E-state index >= 15 is 0 Å². The van der Waals surface area contributed by atoms with E-state index in [0.29, 0.717) is 0 Å². The lowest BCUT2D eigenvalue weighted by Crippen LogP contribution is -1.99. The molecular formula is C10H10O6. The van der Waals surface area contributed by atoms with Crippen molar-refractivity contribution in [2.45, 2.75) is 6.92 Å². The van der Waals surface area contributed by atoms with Crippen molar-refractivity contribution >= 4 is 17.9 Å². The van der Waals surface area contributed by atoms with Crippen LogP contribution in [0.5, 0.6) is 0 Å². The van der Waals surface area contributed by atoms with E-state index in [1.165, 1.54) is 24.3 Å². The second-order valence-corrected chi connectivity index (χ2v) is 2.71. The zero-order chi connectivity index (χ0) is 12.7. The molecular weight excluding hydrogens is 216 g/mol. The van der Waals surface area contributed by atoms with Gasteiger partial charge in [0.15, 0.2) is 0 Å². The number of carboxylic acid groups (broad SMARTS) is 3. The van der Waals surface area contributed by atoms with E-state index in [4.69, 9.17) is 20.1 Å². The Morgan fingerprint density at radius 3 is 1.12 bits per heavy atom. The summed E-state index contributed by atoms with van der Waals surface area (Å²) in [5, 5.41) is 24.4. The van der Waals surface area contributed by atoms with Crippen molar-refractivity contribution in [1.29, 1.82) is 0 Å². The summed E-state index contributed by atoms with van der Waals surface area (Å²) in [7, 11) is 0. The zero-order valence-corrected chi connectivity index (χ0v) is 8.38. The first kappa shape index (κ1) is 13.6. The molecule has 0 aliphatic carbocycles. The van der Waals surface area contributed by atoms with Crippen LogP contribution in [0.1, 0.15) is 27.6 Å². The molecule has 86 valence electrons. The molecule has 0 bridgehead atoms. The van der Waals surface area contributed by atoms with Crippen molar-refractivity contribution < 1.29 is 29.7 Å². The van der Waals surface area contributed by atoms with Crippen LogP contribution in [0.2, 0.25) is 0 Å². The fraction of sp³-hybridized carbons (Fsp3) is 0.100. The van der Waals surface area contributed by atoms with Gasteiger partial charge < -0.3 is 15.3 Å². The van der Waals surface area contributed by atoms with E-state index in [1.54, 1.807) is 0 Å². The molecule has 1 rings (SSSR count). The summed E-state index contributed by atoms with van der Waals surface area (Å²) < 4.78 is 0. The van der Waals surface area contributed by atoms with Crippen LogP contribution < -0.4 is 0 Å². The van der Waals surface area contributed by atoms with Gasteiger partial charge in [0.1, 0.15) is 0 Å². The fourth-order valence-corrected chi connectivity index (χ4v) is 0.755. The van der Waals surface area contributed by atoms with Gasteiger partial charge in [0, 0.05) is 6.92 Å². The highest BCUT2D eigenvalue weighted by Gasteiger charge is 2.04. The summed E-state index contributed by atoms with van der Waals surface area (Å²) in [5.74, 6) is -2.96. The third kappa shape index (κ3) is 5.38. The van der Waals surface area contributed by atoms with Crippen LogP contribution in [0.25, 0.3) is 0 Å². The lowest BCUT2D eigenvalue weighted by Gasteiger charge is -1.94. The largest absolute Gasteiger partial charge is 0.481 e. The third-order valence-corrected chi connectivity index (χ3v) is 1.38. The Bertz CT molecular complexity index is 355. The SMILES string of the molecule is CC(=O)O.O=C(O)c1ccc(C(=O)O)cc1. The number of rotatable bonds is 2. The van der Waals surface area contributed by atoms with Crippen LogP contribution >= 0.6 is 0 Å². The van der Waals surface area contributed by atoms with Gasteiger partial charge in [0.25, 0.3) is 5.97 Å². The molecule has 0 amide bonds. The smallest absolute Gasteiger partial charge is 0.335 e. The summed E-state index contributed by atoms with van der Waals surface area (Å²) in [6, 6.07) is 5.02. The van der Waals surface area contributed by atoms with Crippen LogP contribution in [0.4, 0.5) is 0 Å². The van der Waals surface area contributed by atoms with Crippen LogP contribution in [0.15, 0.2) is 24.3 Å². The zero-order valence-electron chi connectivity index (χ0n) is 8.38. The molecule has 0 fully saturated rings. The molecule has 0 aliphatic rings. The number of hydrogen-bond acceptors (Lipinski definition) is 3. The maximum Gasteiger partial charge on any atom is 0.335 e. The number of benzene rings is 1. The molecule has 3 N–H and O–H groups in total. The van der Waals surface area contributed by atoms with Crippen LogP contribution in [0.3, 0.4) is 0 Å². The number of hydrogen-bond donors (Lipinski definition) is 3. The second kappa shape index (κ2) is 6.18. The highest BCUT2D eigenvalue weighted by atomic mass is 16.4. The van der Waals surface area contributed by atoms with Gasteiger partial charge in [-0.1, -0.05) is 0 Å². The van der Waals surface area contributed by atoms with E-state index < -0.39 is 17.9 Å². The van der Waals surface area contributed by atoms with Crippen molar-refractivity contribution in [2.75, 3.05) is 0 Å². The number of carboxylic acids is 3. The molecule has 0 aromatic heterocycles. The van der Waals surface area contributed by atoms with Crippen molar-refractivity contribution in [3.8, 4) is 0 Å². The maximum absolute atomic E-state index is 10.3. The lowest BCUT2D eigenvalue weighted by molar-refractivity contribution is -0.134. The van der Waals surface area contributed by atoms with Gasteiger partial charge >= 0.3 is 11.9 Å². The first-order valence-corrected chi connectivity index (χ1v) is 4.10. The van der Waals surface area contributed by atoms with E-state index in [2.05, 4.69) is 0 Å². The van der Waals surface area contributed by atoms with E-state index in [1.807, 2.05) is 0 Å². The minimum Gasteiger partial charge on any atom is -0.481 e. The third-order valence-electron chi connectivity index (χ3n) is 1.38. The molecule has 0 radical (unpaired) electrons. The minimum atomic E-state index is -1.06. The van der Waals surface area contributed by atoms with Crippen molar-refractivity contribution in [1.82, 2.24) is 0 Å². The monoisotopic (exact) mass is 226 g/mol. The molecule has 0 aliphatic heterocycles.